The molecule has 0 saturated carbocycles. The molecular formula is C14H27N3O. The average Bonchev–Trinajstić information content (AvgIpc) is 2.58. The Morgan fingerprint density at radius 1 is 1.56 bits per heavy atom. The van der Waals surface area contributed by atoms with Gasteiger partial charge in [0.1, 0.15) is 5.54 Å². The fourth-order valence-electron chi connectivity index (χ4n) is 2.25. The first-order valence-electron chi connectivity index (χ1n) is 7.10. The maximum atomic E-state index is 9.29. The van der Waals surface area contributed by atoms with Gasteiger partial charge in [0.25, 0.3) is 0 Å². The van der Waals surface area contributed by atoms with Gasteiger partial charge in [-0.3, -0.25) is 5.32 Å². The Balaban J connectivity index is 2.39. The van der Waals surface area contributed by atoms with Gasteiger partial charge in [-0.05, 0) is 39.7 Å². The Morgan fingerprint density at radius 2 is 2.33 bits per heavy atom. The first kappa shape index (κ1) is 15.4. The summed E-state index contributed by atoms with van der Waals surface area (Å²) in [6.07, 6.45) is 3.34. The van der Waals surface area contributed by atoms with Crippen LogP contribution in [-0.2, 0) is 4.74 Å². The third kappa shape index (κ3) is 5.34. The van der Waals surface area contributed by atoms with Crippen LogP contribution in [0, 0.1) is 11.3 Å². The molecule has 4 nitrogen and oxygen atoms in total. The summed E-state index contributed by atoms with van der Waals surface area (Å²) in [5, 5.41) is 12.6. The van der Waals surface area contributed by atoms with E-state index in [9.17, 15) is 5.26 Å². The quantitative estimate of drug-likeness (QED) is 0.784. The highest BCUT2D eigenvalue weighted by Gasteiger charge is 2.24. The number of ether oxygens (including phenoxy) is 1. The highest BCUT2D eigenvalue weighted by atomic mass is 16.5. The predicted octanol–water partition coefficient (Wildman–Crippen LogP) is 1.77. The van der Waals surface area contributed by atoms with E-state index < -0.39 is 5.54 Å². The summed E-state index contributed by atoms with van der Waals surface area (Å²) in [6, 6.07) is 2.41. The van der Waals surface area contributed by atoms with Gasteiger partial charge in [0.15, 0.2) is 0 Å². The van der Waals surface area contributed by atoms with Gasteiger partial charge < -0.3 is 9.64 Å². The first-order chi connectivity index (χ1) is 8.59. The van der Waals surface area contributed by atoms with Crippen molar-refractivity contribution in [2.24, 2.45) is 0 Å². The normalized spacial score (nSPS) is 25.1. The molecule has 0 aromatic carbocycles. The molecule has 0 aromatic heterocycles. The molecule has 2 unspecified atom stereocenters. The number of rotatable bonds is 6. The highest BCUT2D eigenvalue weighted by Crippen LogP contribution is 2.12. The van der Waals surface area contributed by atoms with Crippen LogP contribution < -0.4 is 5.32 Å². The lowest BCUT2D eigenvalue weighted by molar-refractivity contribution is 0.0669. The molecular weight excluding hydrogens is 226 g/mol. The largest absolute Gasteiger partial charge is 0.377 e. The molecule has 1 aliphatic rings. The van der Waals surface area contributed by atoms with Gasteiger partial charge >= 0.3 is 0 Å². The molecule has 0 amide bonds. The number of nitrogens with one attached hydrogen (secondary N) is 1. The lowest BCUT2D eigenvalue weighted by atomic mass is 9.99. The van der Waals surface area contributed by atoms with Gasteiger partial charge in [0.05, 0.1) is 12.2 Å². The van der Waals surface area contributed by atoms with Crippen molar-refractivity contribution in [2.45, 2.75) is 51.7 Å². The second-order valence-electron chi connectivity index (χ2n) is 5.46. The second kappa shape index (κ2) is 7.73. The summed E-state index contributed by atoms with van der Waals surface area (Å²) >= 11 is 0. The van der Waals surface area contributed by atoms with Gasteiger partial charge in [0, 0.05) is 26.2 Å². The smallest absolute Gasteiger partial charge is 0.105 e. The number of nitrogens with zero attached hydrogens (tertiary/aromatic N) is 2. The number of hydrogen-bond donors (Lipinski definition) is 1. The van der Waals surface area contributed by atoms with Crippen molar-refractivity contribution in [2.75, 3.05) is 32.8 Å². The van der Waals surface area contributed by atoms with E-state index in [1.54, 1.807) is 0 Å². The molecule has 0 aliphatic carbocycles. The van der Waals surface area contributed by atoms with E-state index in [0.29, 0.717) is 6.10 Å². The zero-order valence-electron chi connectivity index (χ0n) is 12.0. The molecule has 18 heavy (non-hydrogen) atoms. The Bertz CT molecular complexity index is 277. The molecule has 0 bridgehead atoms. The summed E-state index contributed by atoms with van der Waals surface area (Å²) in [6.45, 7) is 11.0. The molecule has 0 spiro atoms. The topological polar surface area (TPSA) is 48.3 Å². The van der Waals surface area contributed by atoms with Gasteiger partial charge in [0.2, 0.25) is 0 Å². The lowest BCUT2D eigenvalue weighted by Gasteiger charge is -2.28. The first-order valence-corrected chi connectivity index (χ1v) is 7.10. The van der Waals surface area contributed by atoms with Crippen LogP contribution in [0.3, 0.4) is 0 Å². The summed E-state index contributed by atoms with van der Waals surface area (Å²) in [4.78, 5) is 2.42. The second-order valence-corrected chi connectivity index (χ2v) is 5.46. The number of nitriles is 1. The Labute approximate surface area is 111 Å². The Morgan fingerprint density at radius 3 is 3.00 bits per heavy atom. The summed E-state index contributed by atoms with van der Waals surface area (Å²) in [5.74, 6) is 0. The Kier molecular flexibility index (Phi) is 6.62. The van der Waals surface area contributed by atoms with E-state index in [4.69, 9.17) is 4.74 Å². The molecule has 2 atom stereocenters. The van der Waals surface area contributed by atoms with Gasteiger partial charge in [-0.2, -0.15) is 5.26 Å². The van der Waals surface area contributed by atoms with Crippen LogP contribution in [0.4, 0.5) is 0 Å². The fraction of sp³-hybridized carbons (Fsp3) is 0.929. The van der Waals surface area contributed by atoms with E-state index in [2.05, 4.69) is 30.1 Å². The summed E-state index contributed by atoms with van der Waals surface area (Å²) < 4.78 is 5.63. The SMILES string of the molecule is CCCNC(C)(C#N)CCN1CCCOC(C)C1. The van der Waals surface area contributed by atoms with E-state index in [1.165, 1.54) is 0 Å². The summed E-state index contributed by atoms with van der Waals surface area (Å²) in [7, 11) is 0. The van der Waals surface area contributed by atoms with Crippen LogP contribution in [0.1, 0.15) is 40.0 Å². The minimum Gasteiger partial charge on any atom is -0.377 e. The third-order valence-electron chi connectivity index (χ3n) is 3.48. The standard InChI is InChI=1S/C14H27N3O/c1-4-7-16-14(3,12-15)6-9-17-8-5-10-18-13(2)11-17/h13,16H,4-11H2,1-3H3. The van der Waals surface area contributed by atoms with Crippen molar-refractivity contribution in [1.82, 2.24) is 10.2 Å². The van der Waals surface area contributed by atoms with Crippen molar-refractivity contribution >= 4 is 0 Å². The van der Waals surface area contributed by atoms with E-state index >= 15 is 0 Å². The minimum absolute atomic E-state index is 0.310. The van der Waals surface area contributed by atoms with Crippen LogP contribution in [-0.4, -0.2) is 49.3 Å². The van der Waals surface area contributed by atoms with Crippen LogP contribution in [0.5, 0.6) is 0 Å². The van der Waals surface area contributed by atoms with E-state index in [1.807, 2.05) is 6.92 Å². The zero-order chi connectivity index (χ0) is 13.4. The van der Waals surface area contributed by atoms with Crippen molar-refractivity contribution in [3.63, 3.8) is 0 Å². The average molecular weight is 253 g/mol. The maximum absolute atomic E-state index is 9.29. The number of hydrogen-bond acceptors (Lipinski definition) is 4. The lowest BCUT2D eigenvalue weighted by Crippen LogP contribution is -2.45. The molecule has 104 valence electrons. The fourth-order valence-corrected chi connectivity index (χ4v) is 2.25. The highest BCUT2D eigenvalue weighted by molar-refractivity contribution is 5.04. The van der Waals surface area contributed by atoms with E-state index in [0.717, 1.165) is 52.0 Å². The molecule has 0 radical (unpaired) electrons. The predicted molar refractivity (Wildman–Crippen MR) is 73.4 cm³/mol. The summed E-state index contributed by atoms with van der Waals surface area (Å²) in [5.41, 5.74) is -0.396. The van der Waals surface area contributed by atoms with Crippen molar-refractivity contribution < 1.29 is 4.74 Å². The molecule has 4 heteroatoms. The monoisotopic (exact) mass is 253 g/mol. The Hall–Kier alpha value is -0.630. The van der Waals surface area contributed by atoms with Crippen LogP contribution in [0.15, 0.2) is 0 Å². The molecule has 0 aromatic rings. The van der Waals surface area contributed by atoms with Crippen molar-refractivity contribution in [3.8, 4) is 6.07 Å². The van der Waals surface area contributed by atoms with Crippen molar-refractivity contribution in [3.05, 3.63) is 0 Å². The van der Waals surface area contributed by atoms with Crippen LogP contribution in [0.2, 0.25) is 0 Å². The molecule has 1 fully saturated rings. The van der Waals surface area contributed by atoms with Gasteiger partial charge in [-0.25, -0.2) is 0 Å². The molecule has 1 rings (SSSR count). The van der Waals surface area contributed by atoms with E-state index in [-0.39, 0.29) is 0 Å². The molecule has 1 N–H and O–H groups in total. The van der Waals surface area contributed by atoms with Gasteiger partial charge in [-0.15, -0.1) is 0 Å². The zero-order valence-corrected chi connectivity index (χ0v) is 12.0. The molecule has 1 heterocycles. The van der Waals surface area contributed by atoms with Crippen LogP contribution in [0.25, 0.3) is 0 Å². The van der Waals surface area contributed by atoms with Crippen molar-refractivity contribution in [1.29, 1.82) is 5.26 Å². The maximum Gasteiger partial charge on any atom is 0.105 e. The third-order valence-corrected chi connectivity index (χ3v) is 3.48. The van der Waals surface area contributed by atoms with Gasteiger partial charge in [-0.1, -0.05) is 6.92 Å². The molecule has 1 saturated heterocycles. The molecule has 1 aliphatic heterocycles. The van der Waals surface area contributed by atoms with Crippen LogP contribution >= 0.6 is 0 Å². The minimum atomic E-state index is -0.396.